The van der Waals surface area contributed by atoms with E-state index >= 15 is 0 Å². The smallest absolute Gasteiger partial charge is 0.248 e. The molecule has 0 bridgehead atoms. The molecule has 6 heteroatoms. The van der Waals surface area contributed by atoms with E-state index < -0.39 is 6.04 Å². The lowest BCUT2D eigenvalue weighted by molar-refractivity contribution is -0.129. The lowest BCUT2D eigenvalue weighted by Crippen LogP contribution is -2.47. The summed E-state index contributed by atoms with van der Waals surface area (Å²) in [5, 5.41) is 15.8. The summed E-state index contributed by atoms with van der Waals surface area (Å²) in [6, 6.07) is 9.81. The number of pyridine rings is 1. The monoisotopic (exact) mass is 397 g/mol. The van der Waals surface area contributed by atoms with E-state index in [0.29, 0.717) is 18.7 Å². The van der Waals surface area contributed by atoms with Crippen LogP contribution in [0.5, 0.6) is 5.75 Å². The molecule has 0 saturated carbocycles. The highest BCUT2D eigenvalue weighted by Crippen LogP contribution is 2.31. The highest BCUT2D eigenvalue weighted by Gasteiger charge is 2.25. The van der Waals surface area contributed by atoms with E-state index in [4.69, 9.17) is 0 Å². The van der Waals surface area contributed by atoms with E-state index in [0.717, 1.165) is 11.1 Å². The third kappa shape index (κ3) is 6.31. The number of aromatic nitrogens is 1. The Balaban J connectivity index is 2.27. The Morgan fingerprint density at radius 3 is 2.45 bits per heavy atom. The van der Waals surface area contributed by atoms with Gasteiger partial charge in [-0.2, -0.15) is 0 Å². The second kappa shape index (κ2) is 9.54. The van der Waals surface area contributed by atoms with E-state index in [9.17, 15) is 14.7 Å². The van der Waals surface area contributed by atoms with Gasteiger partial charge >= 0.3 is 0 Å². The van der Waals surface area contributed by atoms with Crippen molar-refractivity contribution in [3.05, 3.63) is 53.7 Å². The van der Waals surface area contributed by atoms with Crippen molar-refractivity contribution in [2.24, 2.45) is 5.92 Å². The molecule has 2 aromatic rings. The predicted octanol–water partition coefficient (Wildman–Crippen LogP) is 3.80. The molecule has 0 fully saturated rings. The van der Waals surface area contributed by atoms with Crippen LogP contribution in [0.1, 0.15) is 52.2 Å². The first-order valence-corrected chi connectivity index (χ1v) is 9.96. The Bertz CT molecular complexity index is 844. The Morgan fingerprint density at radius 1 is 1.14 bits per heavy atom. The summed E-state index contributed by atoms with van der Waals surface area (Å²) in [7, 11) is 0. The summed E-state index contributed by atoms with van der Waals surface area (Å²) in [6.07, 6.45) is 2.59. The molecule has 2 atom stereocenters. The molecule has 156 valence electrons. The van der Waals surface area contributed by atoms with Crippen LogP contribution in [0.4, 0.5) is 5.82 Å². The van der Waals surface area contributed by atoms with Crippen LogP contribution in [0.25, 0.3) is 0 Å². The third-order valence-corrected chi connectivity index (χ3v) is 4.92. The number of rotatable bonds is 7. The maximum Gasteiger partial charge on any atom is 0.248 e. The molecule has 0 aliphatic carbocycles. The summed E-state index contributed by atoms with van der Waals surface area (Å²) < 4.78 is 0. The molecule has 3 N–H and O–H groups in total. The fraction of sp³-hybridized carbons (Fsp3) is 0.435. The van der Waals surface area contributed by atoms with Gasteiger partial charge in [-0.3, -0.25) is 9.59 Å². The molecule has 6 nitrogen and oxygen atoms in total. The Labute approximate surface area is 172 Å². The van der Waals surface area contributed by atoms with Crippen LogP contribution in [-0.4, -0.2) is 27.9 Å². The van der Waals surface area contributed by atoms with Crippen molar-refractivity contribution in [3.8, 4) is 5.75 Å². The number of carbonyl (C=O) groups is 2. The summed E-state index contributed by atoms with van der Waals surface area (Å²) in [6.45, 7) is 9.81. The SMILES string of the molecule is CCC(C)C(=O)NC(Cc1ccc(O)c(C(C)(C)C)c1)C(=O)Nc1ccccn1. The molecular formula is C23H31N3O3. The van der Waals surface area contributed by atoms with Crippen LogP contribution in [0.15, 0.2) is 42.6 Å². The topological polar surface area (TPSA) is 91.3 Å². The zero-order chi connectivity index (χ0) is 21.6. The molecule has 1 aromatic carbocycles. The van der Waals surface area contributed by atoms with E-state index in [1.54, 1.807) is 36.5 Å². The lowest BCUT2D eigenvalue weighted by atomic mass is 9.84. The first-order valence-electron chi connectivity index (χ1n) is 9.96. The number of phenolic OH excluding ortho intramolecular Hbond substituents is 1. The highest BCUT2D eigenvalue weighted by atomic mass is 16.3. The molecule has 1 aromatic heterocycles. The van der Waals surface area contributed by atoms with Crippen molar-refractivity contribution in [2.75, 3.05) is 5.32 Å². The average molecular weight is 398 g/mol. The number of aromatic hydroxyl groups is 1. The zero-order valence-corrected chi connectivity index (χ0v) is 17.8. The van der Waals surface area contributed by atoms with Crippen molar-refractivity contribution < 1.29 is 14.7 Å². The first-order chi connectivity index (χ1) is 13.6. The van der Waals surface area contributed by atoms with Gasteiger partial charge in [0.15, 0.2) is 0 Å². The second-order valence-corrected chi connectivity index (χ2v) is 8.38. The van der Waals surface area contributed by atoms with Crippen LogP contribution in [-0.2, 0) is 21.4 Å². The summed E-state index contributed by atoms with van der Waals surface area (Å²) in [5.41, 5.74) is 1.41. The van der Waals surface area contributed by atoms with Gasteiger partial charge in [-0.1, -0.05) is 52.8 Å². The third-order valence-electron chi connectivity index (χ3n) is 4.92. The molecule has 2 unspecified atom stereocenters. The number of anilines is 1. The number of carbonyl (C=O) groups excluding carboxylic acids is 2. The number of nitrogens with one attached hydrogen (secondary N) is 2. The van der Waals surface area contributed by atoms with E-state index in [2.05, 4.69) is 15.6 Å². The molecule has 1 heterocycles. The molecular weight excluding hydrogens is 366 g/mol. The minimum absolute atomic E-state index is 0.163. The van der Waals surface area contributed by atoms with Gasteiger partial charge in [-0.15, -0.1) is 0 Å². The van der Waals surface area contributed by atoms with Crippen LogP contribution >= 0.6 is 0 Å². The van der Waals surface area contributed by atoms with Crippen LogP contribution in [0, 0.1) is 5.92 Å². The van der Waals surface area contributed by atoms with E-state index in [-0.39, 0.29) is 28.9 Å². The Hall–Kier alpha value is -2.89. The van der Waals surface area contributed by atoms with Gasteiger partial charge in [0.05, 0.1) is 0 Å². The van der Waals surface area contributed by atoms with Crippen molar-refractivity contribution in [1.82, 2.24) is 10.3 Å². The Kier molecular flexibility index (Phi) is 7.37. The van der Waals surface area contributed by atoms with Crippen molar-refractivity contribution in [1.29, 1.82) is 0 Å². The number of amides is 2. The van der Waals surface area contributed by atoms with Gasteiger partial charge < -0.3 is 15.7 Å². The number of benzene rings is 1. The summed E-state index contributed by atoms with van der Waals surface area (Å²) >= 11 is 0. The number of phenols is 1. The maximum atomic E-state index is 12.9. The quantitative estimate of drug-likeness (QED) is 0.663. The van der Waals surface area contributed by atoms with Crippen LogP contribution in [0.3, 0.4) is 0 Å². The van der Waals surface area contributed by atoms with Crippen molar-refractivity contribution >= 4 is 17.6 Å². The molecule has 2 amide bonds. The lowest BCUT2D eigenvalue weighted by Gasteiger charge is -2.23. The summed E-state index contributed by atoms with van der Waals surface area (Å²) in [4.78, 5) is 29.5. The maximum absolute atomic E-state index is 12.9. The highest BCUT2D eigenvalue weighted by molar-refractivity contribution is 5.97. The molecule has 29 heavy (non-hydrogen) atoms. The molecule has 0 aliphatic heterocycles. The zero-order valence-electron chi connectivity index (χ0n) is 17.8. The first kappa shape index (κ1) is 22.4. The van der Waals surface area contributed by atoms with Gasteiger partial charge in [-0.05, 0) is 41.2 Å². The van der Waals surface area contributed by atoms with E-state index in [1.807, 2.05) is 40.7 Å². The van der Waals surface area contributed by atoms with Gasteiger partial charge in [0.25, 0.3) is 0 Å². The van der Waals surface area contributed by atoms with Gasteiger partial charge in [0.1, 0.15) is 17.6 Å². The Morgan fingerprint density at radius 2 is 1.86 bits per heavy atom. The average Bonchev–Trinajstić information content (AvgIpc) is 2.67. The minimum atomic E-state index is -0.754. The largest absolute Gasteiger partial charge is 0.508 e. The standard InChI is InChI=1S/C23H31N3O3/c1-6-15(2)21(28)25-18(22(29)26-20-9-7-8-12-24-20)14-16-10-11-19(27)17(13-16)23(3,4)5/h7-13,15,18,27H,6,14H2,1-5H3,(H,25,28)(H,24,26,29). The summed E-state index contributed by atoms with van der Waals surface area (Å²) in [5.74, 6) is -0.0277. The van der Waals surface area contributed by atoms with Gasteiger partial charge in [0.2, 0.25) is 11.8 Å². The van der Waals surface area contributed by atoms with Gasteiger partial charge in [0, 0.05) is 18.5 Å². The molecule has 0 aliphatic rings. The molecule has 0 spiro atoms. The van der Waals surface area contributed by atoms with Crippen molar-refractivity contribution in [3.63, 3.8) is 0 Å². The van der Waals surface area contributed by atoms with Crippen LogP contribution < -0.4 is 10.6 Å². The normalized spacial score (nSPS) is 13.4. The fourth-order valence-corrected chi connectivity index (χ4v) is 2.91. The van der Waals surface area contributed by atoms with Crippen molar-refractivity contribution in [2.45, 2.75) is 58.9 Å². The number of hydrogen-bond acceptors (Lipinski definition) is 4. The fourth-order valence-electron chi connectivity index (χ4n) is 2.91. The second-order valence-electron chi connectivity index (χ2n) is 8.38. The minimum Gasteiger partial charge on any atom is -0.508 e. The number of hydrogen-bond donors (Lipinski definition) is 3. The molecule has 0 saturated heterocycles. The predicted molar refractivity (Wildman–Crippen MR) is 115 cm³/mol. The van der Waals surface area contributed by atoms with Crippen LogP contribution in [0.2, 0.25) is 0 Å². The molecule has 0 radical (unpaired) electrons. The number of nitrogens with zero attached hydrogens (tertiary/aromatic N) is 1. The van der Waals surface area contributed by atoms with Gasteiger partial charge in [-0.25, -0.2) is 4.98 Å². The van der Waals surface area contributed by atoms with E-state index in [1.165, 1.54) is 0 Å². The molecule has 2 rings (SSSR count).